The van der Waals surface area contributed by atoms with Crippen LogP contribution in [0.1, 0.15) is 37.2 Å². The Morgan fingerprint density at radius 2 is 2.15 bits per heavy atom. The van der Waals surface area contributed by atoms with Crippen molar-refractivity contribution in [1.29, 1.82) is 0 Å². The lowest BCUT2D eigenvalue weighted by atomic mass is 9.97. The van der Waals surface area contributed by atoms with Gasteiger partial charge in [-0.3, -0.25) is 0 Å². The molecule has 6 heteroatoms. The van der Waals surface area contributed by atoms with Crippen molar-refractivity contribution in [3.05, 3.63) is 12.0 Å². The van der Waals surface area contributed by atoms with E-state index in [0.717, 1.165) is 26.2 Å². The number of rotatable bonds is 5. The molecule has 1 aromatic rings. The molecular formula is C14H24N4O2. The van der Waals surface area contributed by atoms with Gasteiger partial charge in [0.1, 0.15) is 5.82 Å². The number of aromatic nitrogens is 2. The summed E-state index contributed by atoms with van der Waals surface area (Å²) < 4.78 is 6.81. The second-order valence-corrected chi connectivity index (χ2v) is 5.23. The molecule has 2 rings (SSSR count). The predicted molar refractivity (Wildman–Crippen MR) is 77.4 cm³/mol. The van der Waals surface area contributed by atoms with Gasteiger partial charge in [0, 0.05) is 6.54 Å². The molecule has 0 amide bonds. The maximum Gasteiger partial charge on any atom is 0.360 e. The summed E-state index contributed by atoms with van der Waals surface area (Å²) in [6.07, 6.45) is 3.98. The van der Waals surface area contributed by atoms with Gasteiger partial charge in [0.2, 0.25) is 0 Å². The van der Waals surface area contributed by atoms with Crippen LogP contribution in [0.3, 0.4) is 0 Å². The normalized spacial score (nSPS) is 17.3. The Bertz CT molecular complexity index is 450. The van der Waals surface area contributed by atoms with Crippen molar-refractivity contribution in [1.82, 2.24) is 14.5 Å². The fraction of sp³-hybridized carbons (Fsp3) is 0.714. The molecule has 0 saturated carbocycles. The third-order valence-electron chi connectivity index (χ3n) is 3.96. The Morgan fingerprint density at radius 3 is 2.75 bits per heavy atom. The molecular weight excluding hydrogens is 256 g/mol. The van der Waals surface area contributed by atoms with Crippen molar-refractivity contribution in [2.45, 2.75) is 33.2 Å². The van der Waals surface area contributed by atoms with Crippen LogP contribution in [-0.4, -0.2) is 46.7 Å². The third-order valence-corrected chi connectivity index (χ3v) is 3.96. The molecule has 6 nitrogen and oxygen atoms in total. The van der Waals surface area contributed by atoms with Crippen molar-refractivity contribution in [3.63, 3.8) is 0 Å². The van der Waals surface area contributed by atoms with E-state index < -0.39 is 5.97 Å². The van der Waals surface area contributed by atoms with Gasteiger partial charge >= 0.3 is 5.97 Å². The van der Waals surface area contributed by atoms with E-state index in [4.69, 9.17) is 10.5 Å². The first-order valence-electron chi connectivity index (χ1n) is 7.35. The zero-order valence-corrected chi connectivity index (χ0v) is 12.3. The van der Waals surface area contributed by atoms with Crippen molar-refractivity contribution in [3.8, 4) is 0 Å². The summed E-state index contributed by atoms with van der Waals surface area (Å²) >= 11 is 0. The van der Waals surface area contributed by atoms with E-state index in [1.165, 1.54) is 12.8 Å². The number of esters is 1. The standard InChI is InChI=1S/C14H24N4O2/c1-3-17-7-5-11(6-8-17)9-18-10-16-12(13(18)15)14(19)20-4-2/h10-11H,3-9,15H2,1-2H3. The van der Waals surface area contributed by atoms with E-state index in [1.54, 1.807) is 13.3 Å². The van der Waals surface area contributed by atoms with Gasteiger partial charge in [0.25, 0.3) is 0 Å². The average molecular weight is 280 g/mol. The number of nitrogens with two attached hydrogens (primary N) is 1. The lowest BCUT2D eigenvalue weighted by molar-refractivity contribution is 0.0521. The summed E-state index contributed by atoms with van der Waals surface area (Å²) in [5.41, 5.74) is 6.23. The number of likely N-dealkylation sites (tertiary alicyclic amines) is 1. The Hall–Kier alpha value is -1.56. The maximum atomic E-state index is 11.7. The maximum absolute atomic E-state index is 11.7. The van der Waals surface area contributed by atoms with Crippen molar-refractivity contribution >= 4 is 11.8 Å². The molecule has 0 radical (unpaired) electrons. The van der Waals surface area contributed by atoms with Gasteiger partial charge in [0.05, 0.1) is 12.9 Å². The number of hydrogen-bond acceptors (Lipinski definition) is 5. The third kappa shape index (κ3) is 3.30. The van der Waals surface area contributed by atoms with Crippen LogP contribution in [0.25, 0.3) is 0 Å². The van der Waals surface area contributed by atoms with Gasteiger partial charge in [-0.25, -0.2) is 9.78 Å². The molecule has 0 aromatic carbocycles. The van der Waals surface area contributed by atoms with Crippen LogP contribution < -0.4 is 5.73 Å². The van der Waals surface area contributed by atoms with E-state index >= 15 is 0 Å². The highest BCUT2D eigenvalue weighted by Gasteiger charge is 2.21. The first kappa shape index (κ1) is 14.8. The Kier molecular flexibility index (Phi) is 5.00. The summed E-state index contributed by atoms with van der Waals surface area (Å²) in [6.45, 7) is 8.52. The van der Waals surface area contributed by atoms with Crippen LogP contribution in [0.5, 0.6) is 0 Å². The largest absolute Gasteiger partial charge is 0.461 e. The highest BCUT2D eigenvalue weighted by molar-refractivity contribution is 5.92. The topological polar surface area (TPSA) is 73.4 Å². The minimum atomic E-state index is -0.440. The molecule has 0 atom stereocenters. The number of carbonyl (C=O) groups is 1. The van der Waals surface area contributed by atoms with Crippen LogP contribution in [0.15, 0.2) is 6.33 Å². The SMILES string of the molecule is CCOC(=O)c1ncn(CC2CCN(CC)CC2)c1N. The number of anilines is 1. The van der Waals surface area contributed by atoms with E-state index in [-0.39, 0.29) is 5.69 Å². The smallest absolute Gasteiger partial charge is 0.360 e. The lowest BCUT2D eigenvalue weighted by Gasteiger charge is -2.31. The summed E-state index contributed by atoms with van der Waals surface area (Å²) in [7, 11) is 0. The first-order valence-corrected chi connectivity index (χ1v) is 7.35. The Labute approximate surface area is 119 Å². The van der Waals surface area contributed by atoms with E-state index in [2.05, 4.69) is 16.8 Å². The quantitative estimate of drug-likeness (QED) is 0.825. The monoisotopic (exact) mass is 280 g/mol. The van der Waals surface area contributed by atoms with Crippen LogP contribution in [0, 0.1) is 5.92 Å². The number of hydrogen-bond donors (Lipinski definition) is 1. The van der Waals surface area contributed by atoms with Gasteiger partial charge in [0.15, 0.2) is 5.69 Å². The molecule has 1 aliphatic rings. The van der Waals surface area contributed by atoms with Gasteiger partial charge in [-0.1, -0.05) is 6.92 Å². The van der Waals surface area contributed by atoms with Gasteiger partial charge in [-0.15, -0.1) is 0 Å². The number of carbonyl (C=O) groups excluding carboxylic acids is 1. The number of nitrogen functional groups attached to an aromatic ring is 1. The van der Waals surface area contributed by atoms with Crippen LogP contribution in [0.4, 0.5) is 5.82 Å². The minimum Gasteiger partial charge on any atom is -0.461 e. The molecule has 112 valence electrons. The molecule has 1 saturated heterocycles. The highest BCUT2D eigenvalue weighted by atomic mass is 16.5. The summed E-state index contributed by atoms with van der Waals surface area (Å²) in [5.74, 6) is 0.579. The molecule has 0 bridgehead atoms. The first-order chi connectivity index (χ1) is 9.65. The molecule has 0 aliphatic carbocycles. The minimum absolute atomic E-state index is 0.234. The van der Waals surface area contributed by atoms with Crippen molar-refractivity contribution in [2.75, 3.05) is 32.0 Å². The van der Waals surface area contributed by atoms with Gasteiger partial charge in [-0.2, -0.15) is 0 Å². The van der Waals surface area contributed by atoms with Gasteiger partial charge < -0.3 is 19.9 Å². The molecule has 0 spiro atoms. The molecule has 2 N–H and O–H groups in total. The fourth-order valence-electron chi connectivity index (χ4n) is 2.66. The fourth-order valence-corrected chi connectivity index (χ4v) is 2.66. The van der Waals surface area contributed by atoms with Crippen LogP contribution in [-0.2, 0) is 11.3 Å². The molecule has 1 fully saturated rings. The molecule has 1 aromatic heterocycles. The highest BCUT2D eigenvalue weighted by Crippen LogP contribution is 2.21. The number of piperidine rings is 1. The number of ether oxygens (including phenoxy) is 1. The zero-order valence-electron chi connectivity index (χ0n) is 12.3. The second kappa shape index (κ2) is 6.74. The average Bonchev–Trinajstić information content (AvgIpc) is 2.81. The van der Waals surface area contributed by atoms with E-state index in [9.17, 15) is 4.79 Å². The molecule has 0 unspecified atom stereocenters. The second-order valence-electron chi connectivity index (χ2n) is 5.23. The van der Waals surface area contributed by atoms with Crippen LogP contribution in [0.2, 0.25) is 0 Å². The summed E-state index contributed by atoms with van der Waals surface area (Å²) in [4.78, 5) is 18.2. The molecule has 1 aliphatic heterocycles. The predicted octanol–water partition coefficient (Wildman–Crippen LogP) is 1.37. The summed E-state index contributed by atoms with van der Waals surface area (Å²) in [6, 6.07) is 0. The lowest BCUT2D eigenvalue weighted by Crippen LogP contribution is -2.34. The Balaban J connectivity index is 1.95. The van der Waals surface area contributed by atoms with E-state index in [1.807, 2.05) is 4.57 Å². The summed E-state index contributed by atoms with van der Waals surface area (Å²) in [5, 5.41) is 0. The molecule has 2 heterocycles. The van der Waals surface area contributed by atoms with Gasteiger partial charge in [-0.05, 0) is 45.3 Å². The van der Waals surface area contributed by atoms with Crippen molar-refractivity contribution < 1.29 is 9.53 Å². The zero-order chi connectivity index (χ0) is 14.5. The molecule has 20 heavy (non-hydrogen) atoms. The Morgan fingerprint density at radius 1 is 1.45 bits per heavy atom. The van der Waals surface area contributed by atoms with Crippen molar-refractivity contribution in [2.24, 2.45) is 5.92 Å². The number of imidazole rings is 1. The number of nitrogens with zero attached hydrogens (tertiary/aromatic N) is 3. The van der Waals surface area contributed by atoms with E-state index in [0.29, 0.717) is 18.3 Å². The van der Waals surface area contributed by atoms with Crippen LogP contribution >= 0.6 is 0 Å².